The van der Waals surface area contributed by atoms with E-state index in [4.69, 9.17) is 0 Å². The van der Waals surface area contributed by atoms with Crippen LogP contribution in [0.1, 0.15) is 29.3 Å². The first kappa shape index (κ1) is 9.31. The number of hydrogen-bond acceptors (Lipinski definition) is 3. The van der Waals surface area contributed by atoms with Gasteiger partial charge in [-0.15, -0.1) is 11.3 Å². The fourth-order valence-corrected chi connectivity index (χ4v) is 3.11. The molecule has 0 amide bonds. The van der Waals surface area contributed by atoms with E-state index in [1.54, 1.807) is 11.3 Å². The fourth-order valence-electron chi connectivity index (χ4n) is 2.25. The maximum atomic E-state index is 9.34. The Morgan fingerprint density at radius 3 is 2.93 bits per heavy atom. The predicted octanol–water partition coefficient (Wildman–Crippen LogP) is 2.84. The Morgan fingerprint density at radius 1 is 1.40 bits per heavy atom. The Labute approximate surface area is 92.6 Å². The molecule has 0 radical (unpaired) electrons. The van der Waals surface area contributed by atoms with E-state index in [0.717, 1.165) is 23.4 Å². The Kier molecular flexibility index (Phi) is 2.04. The number of thiazole rings is 1. The summed E-state index contributed by atoms with van der Waals surface area (Å²) in [4.78, 5) is 4.58. The number of aliphatic hydroxyl groups excluding tert-OH is 1. The number of aryl methyl sites for hydroxylation is 1. The highest BCUT2D eigenvalue weighted by Crippen LogP contribution is 2.40. The Hall–Kier alpha value is -0.930. The lowest BCUT2D eigenvalue weighted by molar-refractivity contribution is 0.0751. The molecule has 15 heavy (non-hydrogen) atoms. The topological polar surface area (TPSA) is 33.1 Å². The summed E-state index contributed by atoms with van der Waals surface area (Å²) in [6.45, 7) is 2.05. The molecule has 78 valence electrons. The van der Waals surface area contributed by atoms with Gasteiger partial charge in [-0.2, -0.15) is 0 Å². The van der Waals surface area contributed by atoms with E-state index in [0.29, 0.717) is 5.92 Å². The molecular formula is C12H13NOS. The van der Waals surface area contributed by atoms with Crippen LogP contribution in [0, 0.1) is 6.92 Å². The minimum Gasteiger partial charge on any atom is -0.393 e. The fraction of sp³-hybridized carbons (Fsp3) is 0.417. The van der Waals surface area contributed by atoms with Crippen molar-refractivity contribution in [3.63, 3.8) is 0 Å². The largest absolute Gasteiger partial charge is 0.393 e. The minimum atomic E-state index is -0.0926. The van der Waals surface area contributed by atoms with Gasteiger partial charge in [0.25, 0.3) is 0 Å². The number of fused-ring (bicyclic) bond motifs is 1. The molecule has 0 unspecified atom stereocenters. The van der Waals surface area contributed by atoms with E-state index in [-0.39, 0.29) is 6.10 Å². The second kappa shape index (κ2) is 3.29. The van der Waals surface area contributed by atoms with Gasteiger partial charge in [0.15, 0.2) is 0 Å². The first-order valence-electron chi connectivity index (χ1n) is 5.28. The normalized spacial score (nSPS) is 25.5. The summed E-state index contributed by atoms with van der Waals surface area (Å²) < 4.78 is 1.27. The van der Waals surface area contributed by atoms with Crippen molar-refractivity contribution in [3.8, 4) is 0 Å². The highest BCUT2D eigenvalue weighted by Gasteiger charge is 2.30. The van der Waals surface area contributed by atoms with Crippen molar-refractivity contribution >= 4 is 21.6 Å². The van der Waals surface area contributed by atoms with Crippen molar-refractivity contribution in [2.75, 3.05) is 0 Å². The number of benzene rings is 1. The minimum absolute atomic E-state index is 0.0926. The maximum Gasteiger partial charge on any atom is 0.0907 e. The molecule has 2 aromatic rings. The maximum absolute atomic E-state index is 9.34. The molecule has 1 N–H and O–H groups in total. The van der Waals surface area contributed by atoms with Crippen LogP contribution in [-0.2, 0) is 0 Å². The average Bonchev–Trinajstić information content (AvgIpc) is 2.53. The number of aliphatic hydroxyl groups is 1. The summed E-state index contributed by atoms with van der Waals surface area (Å²) in [5.41, 5.74) is 2.47. The van der Waals surface area contributed by atoms with Gasteiger partial charge >= 0.3 is 0 Å². The summed E-state index contributed by atoms with van der Waals surface area (Å²) in [5, 5.41) is 10.5. The van der Waals surface area contributed by atoms with Crippen LogP contribution in [0.4, 0.5) is 0 Å². The molecule has 0 bridgehead atoms. The lowest BCUT2D eigenvalue weighted by atomic mass is 9.77. The van der Waals surface area contributed by atoms with Gasteiger partial charge in [0.05, 0.1) is 21.3 Å². The third-order valence-electron chi connectivity index (χ3n) is 3.11. The SMILES string of the molecule is Cc1nc2c(C3CC(O)C3)cccc2s1. The first-order valence-corrected chi connectivity index (χ1v) is 6.10. The molecular weight excluding hydrogens is 206 g/mol. The van der Waals surface area contributed by atoms with Crippen LogP contribution in [0.15, 0.2) is 18.2 Å². The quantitative estimate of drug-likeness (QED) is 0.800. The second-order valence-electron chi connectivity index (χ2n) is 4.25. The van der Waals surface area contributed by atoms with Crippen molar-refractivity contribution in [2.45, 2.75) is 31.8 Å². The molecule has 1 saturated carbocycles. The van der Waals surface area contributed by atoms with Crippen molar-refractivity contribution in [3.05, 3.63) is 28.8 Å². The molecule has 0 saturated heterocycles. The van der Waals surface area contributed by atoms with Gasteiger partial charge in [-0.05, 0) is 37.3 Å². The zero-order valence-corrected chi connectivity index (χ0v) is 9.42. The summed E-state index contributed by atoms with van der Waals surface area (Å²) in [5.74, 6) is 0.519. The van der Waals surface area contributed by atoms with Crippen molar-refractivity contribution < 1.29 is 5.11 Å². The lowest BCUT2D eigenvalue weighted by Crippen LogP contribution is -2.26. The standard InChI is InChI=1S/C12H13NOS/c1-7-13-12-10(8-5-9(14)6-8)3-2-4-11(12)15-7/h2-4,8-9,14H,5-6H2,1H3. The van der Waals surface area contributed by atoms with Crippen LogP contribution >= 0.6 is 11.3 Å². The predicted molar refractivity (Wildman–Crippen MR) is 62.3 cm³/mol. The highest BCUT2D eigenvalue weighted by molar-refractivity contribution is 7.18. The molecule has 0 atom stereocenters. The molecule has 0 aliphatic heterocycles. The van der Waals surface area contributed by atoms with Crippen LogP contribution in [-0.4, -0.2) is 16.2 Å². The van der Waals surface area contributed by atoms with Gasteiger partial charge < -0.3 is 5.11 Å². The molecule has 1 aliphatic rings. The number of nitrogens with zero attached hydrogens (tertiary/aromatic N) is 1. The molecule has 1 fully saturated rings. The monoisotopic (exact) mass is 219 g/mol. The summed E-state index contributed by atoms with van der Waals surface area (Å²) >= 11 is 1.75. The summed E-state index contributed by atoms with van der Waals surface area (Å²) in [6.07, 6.45) is 1.70. The van der Waals surface area contributed by atoms with E-state index in [1.807, 2.05) is 6.92 Å². The van der Waals surface area contributed by atoms with Crippen LogP contribution in [0.3, 0.4) is 0 Å². The molecule has 1 aliphatic carbocycles. The van der Waals surface area contributed by atoms with Gasteiger partial charge in [-0.3, -0.25) is 0 Å². The zero-order chi connectivity index (χ0) is 10.4. The van der Waals surface area contributed by atoms with Crippen molar-refractivity contribution in [1.29, 1.82) is 0 Å². The van der Waals surface area contributed by atoms with Gasteiger partial charge in [0.2, 0.25) is 0 Å². The van der Waals surface area contributed by atoms with E-state index in [1.165, 1.54) is 10.3 Å². The van der Waals surface area contributed by atoms with E-state index >= 15 is 0 Å². The molecule has 0 spiro atoms. The first-order chi connectivity index (χ1) is 7.24. The smallest absolute Gasteiger partial charge is 0.0907 e. The number of hydrogen-bond donors (Lipinski definition) is 1. The molecule has 3 rings (SSSR count). The Morgan fingerprint density at radius 2 is 2.20 bits per heavy atom. The van der Waals surface area contributed by atoms with Crippen LogP contribution in [0.2, 0.25) is 0 Å². The molecule has 1 aromatic heterocycles. The molecule has 1 aromatic carbocycles. The Balaban J connectivity index is 2.09. The number of rotatable bonds is 1. The number of aromatic nitrogens is 1. The Bertz CT molecular complexity index is 499. The molecule has 2 nitrogen and oxygen atoms in total. The van der Waals surface area contributed by atoms with Crippen LogP contribution in [0.5, 0.6) is 0 Å². The van der Waals surface area contributed by atoms with Crippen molar-refractivity contribution in [2.24, 2.45) is 0 Å². The number of para-hydroxylation sites is 1. The van der Waals surface area contributed by atoms with Crippen LogP contribution in [0.25, 0.3) is 10.2 Å². The van der Waals surface area contributed by atoms with Gasteiger partial charge in [-0.1, -0.05) is 12.1 Å². The van der Waals surface area contributed by atoms with Crippen molar-refractivity contribution in [1.82, 2.24) is 4.98 Å². The van der Waals surface area contributed by atoms with E-state index < -0.39 is 0 Å². The summed E-state index contributed by atoms with van der Waals surface area (Å²) in [6, 6.07) is 6.37. The summed E-state index contributed by atoms with van der Waals surface area (Å²) in [7, 11) is 0. The van der Waals surface area contributed by atoms with Gasteiger partial charge in [-0.25, -0.2) is 4.98 Å². The second-order valence-corrected chi connectivity index (χ2v) is 5.48. The average molecular weight is 219 g/mol. The van der Waals surface area contributed by atoms with Crippen LogP contribution < -0.4 is 0 Å². The molecule has 1 heterocycles. The van der Waals surface area contributed by atoms with E-state index in [2.05, 4.69) is 23.2 Å². The van der Waals surface area contributed by atoms with E-state index in [9.17, 15) is 5.11 Å². The highest BCUT2D eigenvalue weighted by atomic mass is 32.1. The third-order valence-corrected chi connectivity index (χ3v) is 4.05. The van der Waals surface area contributed by atoms with Gasteiger partial charge in [0, 0.05) is 0 Å². The zero-order valence-electron chi connectivity index (χ0n) is 8.60. The lowest BCUT2D eigenvalue weighted by Gasteiger charge is -2.31. The third kappa shape index (κ3) is 1.46. The van der Waals surface area contributed by atoms with Gasteiger partial charge in [0.1, 0.15) is 0 Å². The molecule has 3 heteroatoms.